The largest absolute Gasteiger partial charge is 0.490 e. The summed E-state index contributed by atoms with van der Waals surface area (Å²) in [6, 6.07) is 8.67. The van der Waals surface area contributed by atoms with Crippen LogP contribution in [0.25, 0.3) is 22.2 Å². The minimum Gasteiger partial charge on any atom is -0.386 e. The van der Waals surface area contributed by atoms with Crippen molar-refractivity contribution >= 4 is 40.4 Å². The van der Waals surface area contributed by atoms with Crippen LogP contribution in [0.3, 0.4) is 0 Å². The zero-order valence-electron chi connectivity index (χ0n) is 17.7. The fourth-order valence-corrected chi connectivity index (χ4v) is 6.77. The Morgan fingerprint density at radius 3 is 2.39 bits per heavy atom. The molecule has 2 aromatic heterocycles. The van der Waals surface area contributed by atoms with E-state index >= 15 is 0 Å². The molecular formula is C16H19N4O13P3. The summed E-state index contributed by atoms with van der Waals surface area (Å²) in [5.74, 6) is -0.233. The first kappa shape index (κ1) is 26.8. The first-order valence-electron chi connectivity index (χ1n) is 9.73. The SMILES string of the molecule is Nc1nc2c(c(-c3ccccc3)cn2[C@@H]2OC[C@H](OP(=O)(O)OP(=O)(O)OP(=O)(O)O)[C@H]2O)c(=O)[nH]1. The molecule has 1 aliphatic heterocycles. The minimum atomic E-state index is -5.75. The molecule has 3 heterocycles. The third kappa shape index (κ3) is 5.84. The van der Waals surface area contributed by atoms with Crippen molar-refractivity contribution in [3.8, 4) is 11.1 Å². The van der Waals surface area contributed by atoms with E-state index in [4.69, 9.17) is 20.3 Å². The normalized spacial score (nSPS) is 24.0. The topological polar surface area (TPSA) is 266 Å². The van der Waals surface area contributed by atoms with Gasteiger partial charge in [-0.2, -0.15) is 13.6 Å². The predicted molar refractivity (Wildman–Crippen MR) is 120 cm³/mol. The molecule has 0 aliphatic carbocycles. The molecule has 1 aliphatic rings. The van der Waals surface area contributed by atoms with Crippen molar-refractivity contribution in [3.63, 3.8) is 0 Å². The van der Waals surface area contributed by atoms with Crippen LogP contribution in [0, 0.1) is 0 Å². The quantitative estimate of drug-likeness (QED) is 0.183. The molecule has 0 radical (unpaired) electrons. The van der Waals surface area contributed by atoms with Gasteiger partial charge >= 0.3 is 23.5 Å². The molecule has 3 aromatic rings. The number of anilines is 1. The van der Waals surface area contributed by atoms with Crippen molar-refractivity contribution in [1.82, 2.24) is 14.5 Å². The number of ether oxygens (including phenoxy) is 1. The zero-order valence-corrected chi connectivity index (χ0v) is 20.4. The highest BCUT2D eigenvalue weighted by molar-refractivity contribution is 7.66. The van der Waals surface area contributed by atoms with E-state index in [2.05, 4.69) is 23.1 Å². The van der Waals surface area contributed by atoms with E-state index in [1.165, 1.54) is 10.8 Å². The lowest BCUT2D eigenvalue weighted by Gasteiger charge is -2.22. The number of aliphatic hydroxyl groups is 1. The maximum Gasteiger partial charge on any atom is 0.490 e. The zero-order chi connectivity index (χ0) is 26.5. The van der Waals surface area contributed by atoms with Crippen molar-refractivity contribution < 1.29 is 56.3 Å². The van der Waals surface area contributed by atoms with Gasteiger partial charge in [0.2, 0.25) is 5.95 Å². The molecule has 0 saturated carbocycles. The second kappa shape index (κ2) is 9.58. The Labute approximate surface area is 200 Å². The van der Waals surface area contributed by atoms with E-state index < -0.39 is 54.1 Å². The molecule has 196 valence electrons. The van der Waals surface area contributed by atoms with Crippen LogP contribution in [0.15, 0.2) is 41.3 Å². The monoisotopic (exact) mass is 568 g/mol. The van der Waals surface area contributed by atoms with Crippen LogP contribution in [0.4, 0.5) is 5.95 Å². The number of nitrogen functional groups attached to an aromatic ring is 1. The van der Waals surface area contributed by atoms with E-state index in [1.54, 1.807) is 30.3 Å². The highest BCUT2D eigenvalue weighted by Gasteiger charge is 2.47. The van der Waals surface area contributed by atoms with Crippen LogP contribution in [-0.2, 0) is 31.6 Å². The number of phosphoric acid groups is 3. The molecule has 36 heavy (non-hydrogen) atoms. The van der Waals surface area contributed by atoms with Crippen LogP contribution >= 0.6 is 23.5 Å². The molecule has 17 nitrogen and oxygen atoms in total. The van der Waals surface area contributed by atoms with E-state index in [-0.39, 0.29) is 17.0 Å². The summed E-state index contributed by atoms with van der Waals surface area (Å²) in [4.78, 5) is 55.4. The van der Waals surface area contributed by atoms with Crippen LogP contribution in [0.1, 0.15) is 6.23 Å². The first-order valence-corrected chi connectivity index (χ1v) is 14.3. The Kier molecular flexibility index (Phi) is 7.13. The van der Waals surface area contributed by atoms with Gasteiger partial charge in [-0.1, -0.05) is 30.3 Å². The maximum absolute atomic E-state index is 12.7. The van der Waals surface area contributed by atoms with E-state index in [9.17, 15) is 33.4 Å². The predicted octanol–water partition coefficient (Wildman–Crippen LogP) is 0.575. The second-order valence-electron chi connectivity index (χ2n) is 7.42. The summed E-state index contributed by atoms with van der Waals surface area (Å²) in [6.07, 6.45) is -3.26. The number of benzene rings is 1. The molecule has 1 saturated heterocycles. The first-order chi connectivity index (χ1) is 16.7. The van der Waals surface area contributed by atoms with Crippen LogP contribution in [-0.4, -0.2) is 58.0 Å². The fourth-order valence-electron chi connectivity index (χ4n) is 3.59. The summed E-state index contributed by atoms with van der Waals surface area (Å²) >= 11 is 0. The van der Waals surface area contributed by atoms with Crippen LogP contribution in [0.2, 0.25) is 0 Å². The Bertz CT molecular complexity index is 1490. The summed E-state index contributed by atoms with van der Waals surface area (Å²) < 4.78 is 53.2. The maximum atomic E-state index is 12.7. The number of nitrogens with zero attached hydrogens (tertiary/aromatic N) is 2. The number of nitrogens with one attached hydrogen (secondary N) is 1. The van der Waals surface area contributed by atoms with Crippen molar-refractivity contribution in [1.29, 1.82) is 0 Å². The number of hydrogen-bond donors (Lipinski definition) is 7. The van der Waals surface area contributed by atoms with Gasteiger partial charge in [0.15, 0.2) is 11.9 Å². The lowest BCUT2D eigenvalue weighted by atomic mass is 10.1. The molecule has 0 spiro atoms. The van der Waals surface area contributed by atoms with Crippen molar-refractivity contribution in [3.05, 3.63) is 46.9 Å². The fraction of sp³-hybridized carbons (Fsp3) is 0.250. The smallest absolute Gasteiger partial charge is 0.386 e. The molecule has 2 unspecified atom stereocenters. The van der Waals surface area contributed by atoms with Gasteiger partial charge in [0.05, 0.1) is 12.0 Å². The number of aromatic amines is 1. The van der Waals surface area contributed by atoms with Crippen molar-refractivity contribution in [2.24, 2.45) is 0 Å². The molecule has 0 bridgehead atoms. The number of aliphatic hydroxyl groups excluding tert-OH is 1. The highest BCUT2D eigenvalue weighted by atomic mass is 31.3. The summed E-state index contributed by atoms with van der Waals surface area (Å²) in [5.41, 5.74) is 6.14. The summed E-state index contributed by atoms with van der Waals surface area (Å²) in [7, 11) is -16.9. The second-order valence-corrected chi connectivity index (χ2v) is 11.8. The average molecular weight is 568 g/mol. The van der Waals surface area contributed by atoms with Gasteiger partial charge in [0.25, 0.3) is 5.56 Å². The summed E-state index contributed by atoms with van der Waals surface area (Å²) in [5, 5.41) is 10.9. The van der Waals surface area contributed by atoms with Crippen LogP contribution < -0.4 is 11.3 Å². The highest BCUT2D eigenvalue weighted by Crippen LogP contribution is 2.66. The number of rotatable bonds is 8. The molecule has 8 N–H and O–H groups in total. The standard InChI is InChI=1S/C16H19N4O13P3/c17-16-18-13-11(14(22)19-16)9(8-4-2-1-3-5-8)6-20(13)15-12(21)10(7-30-15)31-35(26,27)33-36(28,29)32-34(23,24)25/h1-6,10,12,15,21H,7H2,(H,26,27)(H,28,29)(H2,23,24,25)(H3,17,18,19,22)/t10-,12+,15+/m0/s1. The summed E-state index contributed by atoms with van der Waals surface area (Å²) in [6.45, 7) is -0.548. The Morgan fingerprint density at radius 2 is 1.75 bits per heavy atom. The van der Waals surface area contributed by atoms with Gasteiger partial charge in [-0.05, 0) is 5.56 Å². The van der Waals surface area contributed by atoms with Gasteiger partial charge in [0, 0.05) is 11.8 Å². The molecule has 1 fully saturated rings. The van der Waals surface area contributed by atoms with Crippen LogP contribution in [0.5, 0.6) is 0 Å². The van der Waals surface area contributed by atoms with Gasteiger partial charge in [-0.3, -0.25) is 14.3 Å². The lowest BCUT2D eigenvalue weighted by molar-refractivity contribution is -0.0157. The molecule has 4 rings (SSSR count). The Hall–Kier alpha value is -2.23. The van der Waals surface area contributed by atoms with Gasteiger partial charge < -0.3 is 39.7 Å². The van der Waals surface area contributed by atoms with Gasteiger partial charge in [0.1, 0.15) is 12.2 Å². The third-order valence-electron chi connectivity index (χ3n) is 4.85. The molecule has 20 heteroatoms. The van der Waals surface area contributed by atoms with E-state index in [0.29, 0.717) is 11.1 Å². The van der Waals surface area contributed by atoms with E-state index in [0.717, 1.165) is 0 Å². The lowest BCUT2D eigenvalue weighted by Crippen LogP contribution is -2.30. The van der Waals surface area contributed by atoms with Gasteiger partial charge in [-0.25, -0.2) is 13.7 Å². The molecule has 5 atom stereocenters. The Balaban J connectivity index is 1.63. The van der Waals surface area contributed by atoms with Crippen molar-refractivity contribution in [2.45, 2.75) is 18.4 Å². The Morgan fingerprint density at radius 1 is 1.08 bits per heavy atom. The molecule has 0 amide bonds. The number of aromatic nitrogens is 3. The number of H-pyrrole nitrogens is 1. The number of nitrogens with two attached hydrogens (primary N) is 1. The average Bonchev–Trinajstić information content (AvgIpc) is 3.26. The number of hydrogen-bond acceptors (Lipinski definition) is 11. The molecular weight excluding hydrogens is 549 g/mol. The number of fused-ring (bicyclic) bond motifs is 1. The van der Waals surface area contributed by atoms with Crippen molar-refractivity contribution in [2.75, 3.05) is 12.3 Å². The minimum absolute atomic E-state index is 0.0122. The van der Waals surface area contributed by atoms with Gasteiger partial charge in [-0.15, -0.1) is 0 Å². The van der Waals surface area contributed by atoms with E-state index in [1.807, 2.05) is 0 Å². The molecule has 1 aromatic carbocycles. The number of phosphoric ester groups is 1. The third-order valence-corrected chi connectivity index (χ3v) is 8.71.